The van der Waals surface area contributed by atoms with Gasteiger partial charge in [-0.25, -0.2) is 9.19 Å². The van der Waals surface area contributed by atoms with Crippen LogP contribution in [0.25, 0.3) is 17.0 Å². The number of para-hydroxylation sites is 1. The van der Waals surface area contributed by atoms with Crippen LogP contribution in [-0.2, 0) is 10.8 Å². The number of aromatic nitrogens is 2. The van der Waals surface area contributed by atoms with E-state index in [1.165, 1.54) is 0 Å². The van der Waals surface area contributed by atoms with Gasteiger partial charge in [0.25, 0.3) is 0 Å². The number of nitrogens with zero attached hydrogens (tertiary/aromatic N) is 2. The summed E-state index contributed by atoms with van der Waals surface area (Å²) >= 11 is 0. The molecule has 0 saturated heterocycles. The van der Waals surface area contributed by atoms with Crippen LogP contribution in [0.2, 0.25) is 0 Å². The first kappa shape index (κ1) is 12.7. The van der Waals surface area contributed by atoms with Crippen molar-refractivity contribution in [3.05, 3.63) is 72.0 Å². The molecule has 1 unspecified atom stereocenters. The summed E-state index contributed by atoms with van der Waals surface area (Å²) < 4.78 is 12.0. The lowest BCUT2D eigenvalue weighted by molar-refractivity contribution is 0.688. The van der Waals surface area contributed by atoms with Crippen molar-refractivity contribution in [3.8, 4) is 0 Å². The van der Waals surface area contributed by atoms with Crippen LogP contribution in [0.3, 0.4) is 0 Å². The highest BCUT2D eigenvalue weighted by molar-refractivity contribution is 7.88. The van der Waals surface area contributed by atoms with Gasteiger partial charge in [0.2, 0.25) is 0 Å². The SMILES string of the molecule is O=S(/C=C/c1ccc2ccccc2n1)c1cccnc1. The zero-order valence-corrected chi connectivity index (χ0v) is 11.5. The third-order valence-electron chi connectivity index (χ3n) is 2.85. The summed E-state index contributed by atoms with van der Waals surface area (Å²) in [5.41, 5.74) is 1.72. The van der Waals surface area contributed by atoms with Gasteiger partial charge in [0.05, 0.1) is 26.9 Å². The maximum atomic E-state index is 12.0. The van der Waals surface area contributed by atoms with Gasteiger partial charge in [-0.3, -0.25) is 4.98 Å². The molecule has 0 saturated carbocycles. The summed E-state index contributed by atoms with van der Waals surface area (Å²) in [5, 5.41) is 2.73. The molecule has 2 heterocycles. The van der Waals surface area contributed by atoms with Gasteiger partial charge in [-0.1, -0.05) is 24.3 Å². The van der Waals surface area contributed by atoms with Crippen LogP contribution in [0.5, 0.6) is 0 Å². The van der Waals surface area contributed by atoms with Gasteiger partial charge >= 0.3 is 0 Å². The number of hydrogen-bond donors (Lipinski definition) is 0. The molecule has 0 aliphatic carbocycles. The molecule has 0 N–H and O–H groups in total. The normalized spacial score (nSPS) is 12.8. The lowest BCUT2D eigenvalue weighted by Crippen LogP contribution is -1.88. The monoisotopic (exact) mass is 280 g/mol. The van der Waals surface area contributed by atoms with Crippen molar-refractivity contribution in [2.45, 2.75) is 4.90 Å². The molecule has 20 heavy (non-hydrogen) atoms. The van der Waals surface area contributed by atoms with E-state index in [2.05, 4.69) is 9.97 Å². The van der Waals surface area contributed by atoms with E-state index in [9.17, 15) is 4.21 Å². The third-order valence-corrected chi connectivity index (χ3v) is 3.94. The van der Waals surface area contributed by atoms with Crippen molar-refractivity contribution in [2.24, 2.45) is 0 Å². The van der Waals surface area contributed by atoms with Crippen LogP contribution in [0.4, 0.5) is 0 Å². The molecule has 0 bridgehead atoms. The van der Waals surface area contributed by atoms with Crippen LogP contribution >= 0.6 is 0 Å². The zero-order valence-electron chi connectivity index (χ0n) is 10.6. The largest absolute Gasteiger partial charge is 0.263 e. The Hall–Kier alpha value is -2.33. The average molecular weight is 280 g/mol. The molecule has 0 fully saturated rings. The van der Waals surface area contributed by atoms with E-state index in [0.717, 1.165) is 16.6 Å². The fourth-order valence-electron chi connectivity index (χ4n) is 1.85. The Labute approximate surface area is 119 Å². The molecule has 0 aliphatic heterocycles. The fourth-order valence-corrected chi connectivity index (χ4v) is 2.65. The van der Waals surface area contributed by atoms with Crippen molar-refractivity contribution in [3.63, 3.8) is 0 Å². The maximum absolute atomic E-state index is 12.0. The summed E-state index contributed by atoms with van der Waals surface area (Å²) in [7, 11) is -1.20. The number of fused-ring (bicyclic) bond motifs is 1. The van der Waals surface area contributed by atoms with E-state index < -0.39 is 10.8 Å². The molecule has 4 heteroatoms. The second-order valence-electron chi connectivity index (χ2n) is 4.22. The molecule has 0 spiro atoms. The maximum Gasteiger partial charge on any atom is 0.0792 e. The van der Waals surface area contributed by atoms with Crippen LogP contribution < -0.4 is 0 Å². The zero-order chi connectivity index (χ0) is 13.8. The summed E-state index contributed by atoms with van der Waals surface area (Å²) in [6.07, 6.45) is 5.04. The van der Waals surface area contributed by atoms with Crippen LogP contribution in [-0.4, -0.2) is 14.2 Å². The minimum absolute atomic E-state index is 0.685. The van der Waals surface area contributed by atoms with Gasteiger partial charge in [0.1, 0.15) is 0 Å². The number of benzene rings is 1. The van der Waals surface area contributed by atoms with E-state index in [1.54, 1.807) is 36.0 Å². The Morgan fingerprint density at radius 1 is 1.00 bits per heavy atom. The van der Waals surface area contributed by atoms with Gasteiger partial charge in [0.15, 0.2) is 0 Å². The van der Waals surface area contributed by atoms with E-state index in [1.807, 2.05) is 36.4 Å². The van der Waals surface area contributed by atoms with Gasteiger partial charge in [-0.2, -0.15) is 0 Å². The lowest BCUT2D eigenvalue weighted by Gasteiger charge is -1.98. The third kappa shape index (κ3) is 2.81. The quantitative estimate of drug-likeness (QED) is 0.738. The van der Waals surface area contributed by atoms with Crippen molar-refractivity contribution >= 4 is 27.8 Å². The Balaban J connectivity index is 1.85. The Morgan fingerprint density at radius 3 is 2.75 bits per heavy atom. The molecule has 0 amide bonds. The highest BCUT2D eigenvalue weighted by Gasteiger charge is 1.99. The molecule has 98 valence electrons. The predicted molar refractivity (Wildman–Crippen MR) is 81.4 cm³/mol. The minimum Gasteiger partial charge on any atom is -0.263 e. The van der Waals surface area contributed by atoms with Crippen LogP contribution in [0.15, 0.2) is 71.2 Å². The lowest BCUT2D eigenvalue weighted by atomic mass is 10.2. The topological polar surface area (TPSA) is 42.9 Å². The second-order valence-corrected chi connectivity index (χ2v) is 5.56. The molecule has 2 aromatic heterocycles. The molecule has 0 aliphatic rings. The van der Waals surface area contributed by atoms with E-state index in [4.69, 9.17) is 0 Å². The van der Waals surface area contributed by atoms with E-state index >= 15 is 0 Å². The summed E-state index contributed by atoms with van der Waals surface area (Å²) in [5.74, 6) is 0. The van der Waals surface area contributed by atoms with Gasteiger partial charge in [-0.15, -0.1) is 0 Å². The van der Waals surface area contributed by atoms with E-state index in [0.29, 0.717) is 4.90 Å². The van der Waals surface area contributed by atoms with Crippen molar-refractivity contribution < 1.29 is 4.21 Å². The van der Waals surface area contributed by atoms with Gasteiger partial charge < -0.3 is 0 Å². The first-order chi connectivity index (χ1) is 9.83. The Bertz CT molecular complexity index is 785. The standard InChI is InChI=1S/C16H12N2OS/c19-20(15-5-3-10-17-12-15)11-9-14-8-7-13-4-1-2-6-16(13)18-14/h1-12H/b11-9+. The minimum atomic E-state index is -1.20. The Morgan fingerprint density at radius 2 is 1.90 bits per heavy atom. The molecular weight excluding hydrogens is 268 g/mol. The van der Waals surface area contributed by atoms with Crippen molar-refractivity contribution in [1.82, 2.24) is 9.97 Å². The second kappa shape index (κ2) is 5.75. The molecule has 3 rings (SSSR count). The molecule has 0 radical (unpaired) electrons. The number of hydrogen-bond acceptors (Lipinski definition) is 3. The van der Waals surface area contributed by atoms with Crippen molar-refractivity contribution in [2.75, 3.05) is 0 Å². The highest BCUT2D eigenvalue weighted by Crippen LogP contribution is 2.13. The van der Waals surface area contributed by atoms with Crippen LogP contribution in [0.1, 0.15) is 5.69 Å². The van der Waals surface area contributed by atoms with Crippen LogP contribution in [0, 0.1) is 0 Å². The van der Waals surface area contributed by atoms with E-state index in [-0.39, 0.29) is 0 Å². The smallest absolute Gasteiger partial charge is 0.0792 e. The molecule has 1 aromatic carbocycles. The first-order valence-electron chi connectivity index (χ1n) is 6.17. The highest BCUT2D eigenvalue weighted by atomic mass is 32.2. The van der Waals surface area contributed by atoms with Gasteiger partial charge in [-0.05, 0) is 30.3 Å². The number of pyridine rings is 2. The molecule has 1 atom stereocenters. The fraction of sp³-hybridized carbons (Fsp3) is 0. The van der Waals surface area contributed by atoms with Gasteiger partial charge in [0, 0.05) is 23.2 Å². The molecule has 3 nitrogen and oxygen atoms in total. The average Bonchev–Trinajstić information content (AvgIpc) is 2.53. The van der Waals surface area contributed by atoms with Crippen molar-refractivity contribution in [1.29, 1.82) is 0 Å². The molecular formula is C16H12N2OS. The summed E-state index contributed by atoms with van der Waals surface area (Å²) in [6, 6.07) is 15.4. The first-order valence-corrected chi connectivity index (χ1v) is 7.39. The summed E-state index contributed by atoms with van der Waals surface area (Å²) in [4.78, 5) is 9.15. The predicted octanol–water partition coefficient (Wildman–Crippen LogP) is 3.41. The Kier molecular flexibility index (Phi) is 3.65. The number of rotatable bonds is 3. The molecule has 3 aromatic rings. The summed E-state index contributed by atoms with van der Waals surface area (Å²) in [6.45, 7) is 0.